The van der Waals surface area contributed by atoms with Crippen LogP contribution in [0.1, 0.15) is 181 Å². The SMILES string of the molecule is CC(C)(C)[Si](C)(C)Oc1ccc2c(c1)CC[C@@H]1[C@@H]2CC[C@@]2(C)[C@H]1C[C@H](CCCCCCCCCCCCOC1CCCCO1)[C@@H]2O[Si](C)(C)C(C)(C)C. The maximum atomic E-state index is 7.59. The smallest absolute Gasteiger partial charge is 0.250 e. The first-order chi connectivity index (χ1) is 24.9. The molecule has 5 rings (SSSR count). The van der Waals surface area contributed by atoms with Crippen LogP contribution in [0.5, 0.6) is 5.75 Å². The van der Waals surface area contributed by atoms with Crippen LogP contribution >= 0.6 is 0 Å². The van der Waals surface area contributed by atoms with E-state index < -0.39 is 16.6 Å². The molecule has 2 saturated carbocycles. The van der Waals surface area contributed by atoms with Crippen molar-refractivity contribution in [2.45, 2.75) is 225 Å². The van der Waals surface area contributed by atoms with Gasteiger partial charge in [0.1, 0.15) is 5.75 Å². The summed E-state index contributed by atoms with van der Waals surface area (Å²) in [6.07, 6.45) is 25.6. The lowest BCUT2D eigenvalue weighted by Gasteiger charge is -2.52. The highest BCUT2D eigenvalue weighted by atomic mass is 28.4. The topological polar surface area (TPSA) is 36.9 Å². The largest absolute Gasteiger partial charge is 0.543 e. The van der Waals surface area contributed by atoms with Crippen molar-refractivity contribution in [3.05, 3.63) is 29.3 Å². The zero-order valence-corrected chi connectivity index (χ0v) is 38.7. The molecule has 0 bridgehead atoms. The molecule has 53 heavy (non-hydrogen) atoms. The molecular formula is C47H84O4Si2. The minimum absolute atomic E-state index is 0.0745. The number of hydrogen-bond donors (Lipinski definition) is 0. The van der Waals surface area contributed by atoms with E-state index in [1.807, 2.05) is 0 Å². The third-order valence-electron chi connectivity index (χ3n) is 15.6. The van der Waals surface area contributed by atoms with Gasteiger partial charge < -0.3 is 18.3 Å². The van der Waals surface area contributed by atoms with E-state index in [-0.39, 0.29) is 16.4 Å². The van der Waals surface area contributed by atoms with Crippen LogP contribution in [0, 0.1) is 23.2 Å². The van der Waals surface area contributed by atoms with Crippen LogP contribution < -0.4 is 4.43 Å². The summed E-state index contributed by atoms with van der Waals surface area (Å²) in [5, 5.41) is 0.458. The number of hydrogen-bond acceptors (Lipinski definition) is 4. The summed E-state index contributed by atoms with van der Waals surface area (Å²) in [4.78, 5) is 0. The summed E-state index contributed by atoms with van der Waals surface area (Å²) < 4.78 is 26.0. The van der Waals surface area contributed by atoms with Gasteiger partial charge in [-0.15, -0.1) is 0 Å². The van der Waals surface area contributed by atoms with Crippen molar-refractivity contribution in [2.24, 2.45) is 23.2 Å². The average Bonchev–Trinajstić information content (AvgIpc) is 3.36. The lowest BCUT2D eigenvalue weighted by molar-refractivity contribution is -0.162. The van der Waals surface area contributed by atoms with E-state index in [9.17, 15) is 0 Å². The molecule has 1 aliphatic heterocycles. The second-order valence-electron chi connectivity index (χ2n) is 21.5. The highest BCUT2D eigenvalue weighted by Crippen LogP contribution is 2.64. The van der Waals surface area contributed by atoms with Crippen LogP contribution in [-0.2, 0) is 20.3 Å². The Kier molecular flexibility index (Phi) is 15.0. The molecule has 1 aromatic carbocycles. The van der Waals surface area contributed by atoms with Crippen LogP contribution in [0.15, 0.2) is 18.2 Å². The summed E-state index contributed by atoms with van der Waals surface area (Å²) in [6, 6.07) is 7.24. The second-order valence-corrected chi connectivity index (χ2v) is 30.9. The summed E-state index contributed by atoms with van der Waals surface area (Å²) in [7, 11) is -3.74. The molecule has 0 N–H and O–H groups in total. The van der Waals surface area contributed by atoms with Crippen molar-refractivity contribution in [3.63, 3.8) is 0 Å². The third kappa shape index (κ3) is 10.8. The molecule has 0 spiro atoms. The molecule has 1 heterocycles. The zero-order chi connectivity index (χ0) is 38.5. The van der Waals surface area contributed by atoms with Gasteiger partial charge in [-0.25, -0.2) is 0 Å². The van der Waals surface area contributed by atoms with Crippen molar-refractivity contribution < 1.29 is 18.3 Å². The minimum Gasteiger partial charge on any atom is -0.543 e. The molecule has 1 unspecified atom stereocenters. The first-order valence-electron chi connectivity index (χ1n) is 22.7. The molecule has 7 atom stereocenters. The normalized spacial score (nSPS) is 29.4. The first-order valence-corrected chi connectivity index (χ1v) is 28.5. The lowest BCUT2D eigenvalue weighted by Crippen LogP contribution is -2.51. The van der Waals surface area contributed by atoms with Crippen LogP contribution in [0.25, 0.3) is 0 Å². The Balaban J connectivity index is 1.11. The fourth-order valence-corrected chi connectivity index (χ4v) is 12.7. The van der Waals surface area contributed by atoms with Gasteiger partial charge in [0.05, 0.1) is 6.10 Å². The number of benzene rings is 1. The summed E-state index contributed by atoms with van der Waals surface area (Å²) in [5.41, 5.74) is 3.53. The van der Waals surface area contributed by atoms with Crippen molar-refractivity contribution in [3.8, 4) is 5.75 Å². The molecule has 6 heteroatoms. The molecular weight excluding hydrogens is 685 g/mol. The number of rotatable bonds is 18. The van der Waals surface area contributed by atoms with Crippen LogP contribution in [0.4, 0.5) is 0 Å². The van der Waals surface area contributed by atoms with Gasteiger partial charge in [0.25, 0.3) is 0 Å². The van der Waals surface area contributed by atoms with Gasteiger partial charge in [-0.05, 0) is 153 Å². The van der Waals surface area contributed by atoms with Crippen LogP contribution in [-0.4, -0.2) is 42.2 Å². The fourth-order valence-electron chi connectivity index (χ4n) is 10.2. The summed E-state index contributed by atoms with van der Waals surface area (Å²) >= 11 is 0. The van der Waals surface area contributed by atoms with Crippen LogP contribution in [0.2, 0.25) is 36.3 Å². The standard InChI is InChI=1S/C47H84O4Si2/c1-45(2,3)52(8,9)50-38-27-29-39-36(34-38)26-28-41-40(39)30-31-47(7)42(41)35-37(44(47)51-53(10,11)46(4,5)6)24-20-18-16-14-12-13-15-17-19-22-32-48-43-25-21-23-33-49-43/h27,29,34,37,40-44H,12-26,28,30-33,35H2,1-11H3/t37-,40+,41+,42-,43?,44-,47-/m0/s1. The molecule has 1 saturated heterocycles. The summed E-state index contributed by atoms with van der Waals surface area (Å²) in [6.45, 7) is 28.5. The van der Waals surface area contributed by atoms with Gasteiger partial charge in [0.15, 0.2) is 14.6 Å². The van der Waals surface area contributed by atoms with Gasteiger partial charge in [-0.3, -0.25) is 0 Å². The highest BCUT2D eigenvalue weighted by Gasteiger charge is 2.60. The maximum absolute atomic E-state index is 7.59. The van der Waals surface area contributed by atoms with Gasteiger partial charge in [0, 0.05) is 13.2 Å². The van der Waals surface area contributed by atoms with E-state index in [1.54, 1.807) is 11.1 Å². The van der Waals surface area contributed by atoms with E-state index in [0.29, 0.717) is 23.4 Å². The Morgan fingerprint density at radius 2 is 1.42 bits per heavy atom. The number of fused-ring (bicyclic) bond motifs is 5. The van der Waals surface area contributed by atoms with Gasteiger partial charge in [-0.2, -0.15) is 0 Å². The lowest BCUT2D eigenvalue weighted by atomic mass is 9.55. The maximum Gasteiger partial charge on any atom is 0.250 e. The molecule has 3 fully saturated rings. The average molecular weight is 769 g/mol. The Labute approximate surface area is 330 Å². The Morgan fingerprint density at radius 3 is 2.04 bits per heavy atom. The predicted molar refractivity (Wildman–Crippen MR) is 230 cm³/mol. The van der Waals surface area contributed by atoms with Gasteiger partial charge in [0.2, 0.25) is 8.32 Å². The quantitative estimate of drug-likeness (QED) is 0.110. The van der Waals surface area contributed by atoms with Crippen molar-refractivity contribution in [1.82, 2.24) is 0 Å². The molecule has 0 radical (unpaired) electrons. The molecule has 4 nitrogen and oxygen atoms in total. The van der Waals surface area contributed by atoms with Crippen molar-refractivity contribution in [2.75, 3.05) is 13.2 Å². The highest BCUT2D eigenvalue weighted by molar-refractivity contribution is 6.75. The first kappa shape index (κ1) is 43.5. The Bertz CT molecular complexity index is 1270. The zero-order valence-electron chi connectivity index (χ0n) is 36.7. The molecule has 4 aliphatic rings. The van der Waals surface area contributed by atoms with E-state index >= 15 is 0 Å². The third-order valence-corrected chi connectivity index (χ3v) is 24.4. The van der Waals surface area contributed by atoms with E-state index in [2.05, 4.69) is 92.9 Å². The van der Waals surface area contributed by atoms with Gasteiger partial charge >= 0.3 is 0 Å². The summed E-state index contributed by atoms with van der Waals surface area (Å²) in [5.74, 6) is 4.11. The fraction of sp³-hybridized carbons (Fsp3) is 0.872. The number of ether oxygens (including phenoxy) is 2. The monoisotopic (exact) mass is 769 g/mol. The van der Waals surface area contributed by atoms with E-state index in [1.165, 1.54) is 116 Å². The molecule has 304 valence electrons. The van der Waals surface area contributed by atoms with Crippen molar-refractivity contribution >= 4 is 16.6 Å². The Morgan fingerprint density at radius 1 is 0.774 bits per heavy atom. The Hall–Kier alpha value is -0.666. The molecule has 0 amide bonds. The van der Waals surface area contributed by atoms with E-state index in [4.69, 9.17) is 18.3 Å². The predicted octanol–water partition coefficient (Wildman–Crippen LogP) is 14.4. The molecule has 1 aromatic rings. The number of aryl methyl sites for hydroxylation is 1. The van der Waals surface area contributed by atoms with Crippen LogP contribution in [0.3, 0.4) is 0 Å². The molecule has 0 aromatic heterocycles. The van der Waals surface area contributed by atoms with Crippen molar-refractivity contribution in [1.29, 1.82) is 0 Å². The van der Waals surface area contributed by atoms with Gasteiger partial charge in [-0.1, -0.05) is 112 Å². The minimum atomic E-state index is -1.89. The molecule has 3 aliphatic carbocycles. The van der Waals surface area contributed by atoms with E-state index in [0.717, 1.165) is 37.2 Å². The second kappa shape index (κ2) is 18.3. The number of unbranched alkanes of at least 4 members (excludes halogenated alkanes) is 9.